The highest BCUT2D eigenvalue weighted by molar-refractivity contribution is 9.10. The predicted molar refractivity (Wildman–Crippen MR) is 85.6 cm³/mol. The van der Waals surface area contributed by atoms with E-state index < -0.39 is 0 Å². The van der Waals surface area contributed by atoms with Crippen molar-refractivity contribution in [1.82, 2.24) is 5.32 Å². The lowest BCUT2D eigenvalue weighted by molar-refractivity contribution is -0.0468. The van der Waals surface area contributed by atoms with E-state index in [1.54, 1.807) is 0 Å². The fourth-order valence-electron chi connectivity index (χ4n) is 2.75. The van der Waals surface area contributed by atoms with Crippen molar-refractivity contribution >= 4 is 15.9 Å². The smallest absolute Gasteiger partial charge is 0.0828 e. The Morgan fingerprint density at radius 3 is 2.32 bits per heavy atom. The number of likely N-dealkylation sites (N-methyl/N-ethyl adjacent to an activating group) is 1. The number of hydrogen-bond acceptors (Lipinski definition) is 2. The van der Waals surface area contributed by atoms with Gasteiger partial charge in [0, 0.05) is 17.6 Å². The highest BCUT2D eigenvalue weighted by Gasteiger charge is 2.35. The number of nitrogens with one attached hydrogen (secondary N) is 1. The van der Waals surface area contributed by atoms with Crippen molar-refractivity contribution in [2.24, 2.45) is 0 Å². The van der Waals surface area contributed by atoms with Gasteiger partial charge in [-0.1, -0.05) is 54.9 Å². The molecule has 19 heavy (non-hydrogen) atoms. The number of halogens is 1. The second-order valence-corrected chi connectivity index (χ2v) is 5.74. The number of hydrogen-bond donors (Lipinski definition) is 1. The zero-order valence-electron chi connectivity index (χ0n) is 12.5. The number of benzene rings is 1. The summed E-state index contributed by atoms with van der Waals surface area (Å²) in [5, 5.41) is 3.61. The van der Waals surface area contributed by atoms with Gasteiger partial charge < -0.3 is 10.1 Å². The highest BCUT2D eigenvalue weighted by Crippen LogP contribution is 2.28. The Balaban J connectivity index is 2.97. The van der Waals surface area contributed by atoms with E-state index in [0.29, 0.717) is 6.04 Å². The Hall–Kier alpha value is -0.380. The summed E-state index contributed by atoms with van der Waals surface area (Å²) >= 11 is 3.64. The minimum Gasteiger partial charge on any atom is -0.377 e. The van der Waals surface area contributed by atoms with Crippen LogP contribution >= 0.6 is 15.9 Å². The Bertz CT molecular complexity index is 369. The van der Waals surface area contributed by atoms with Gasteiger partial charge in [-0.15, -0.1) is 0 Å². The molecule has 1 rings (SSSR count). The molecule has 0 spiro atoms. The zero-order chi connectivity index (χ0) is 14.3. The van der Waals surface area contributed by atoms with Crippen LogP contribution in [0.2, 0.25) is 0 Å². The fraction of sp³-hybridized carbons (Fsp3) is 0.625. The molecule has 0 aromatic heterocycles. The summed E-state index contributed by atoms with van der Waals surface area (Å²) in [7, 11) is 1.83. The summed E-state index contributed by atoms with van der Waals surface area (Å²) in [5.41, 5.74) is 1.24. The predicted octanol–water partition coefficient (Wildman–Crippen LogP) is 4.17. The summed E-state index contributed by atoms with van der Waals surface area (Å²) in [6.45, 7) is 7.52. The minimum absolute atomic E-state index is 0.0920. The van der Waals surface area contributed by atoms with E-state index in [0.717, 1.165) is 25.8 Å². The van der Waals surface area contributed by atoms with Crippen LogP contribution in [0.25, 0.3) is 0 Å². The Morgan fingerprint density at radius 2 is 1.84 bits per heavy atom. The topological polar surface area (TPSA) is 21.3 Å². The van der Waals surface area contributed by atoms with Crippen molar-refractivity contribution in [1.29, 1.82) is 0 Å². The van der Waals surface area contributed by atoms with Crippen LogP contribution in [0.1, 0.15) is 39.2 Å². The van der Waals surface area contributed by atoms with Crippen molar-refractivity contribution < 1.29 is 4.74 Å². The van der Waals surface area contributed by atoms with Crippen molar-refractivity contribution in [3.63, 3.8) is 0 Å². The standard InChI is InChI=1S/C16H26BrNO/c1-5-16(6-2,19-4)15(18-7-3)12-13-10-8-9-11-14(13)17/h8-11,15,18H,5-7,12H2,1-4H3. The van der Waals surface area contributed by atoms with Crippen LogP contribution in [0, 0.1) is 0 Å². The van der Waals surface area contributed by atoms with E-state index in [-0.39, 0.29) is 5.60 Å². The van der Waals surface area contributed by atoms with E-state index in [1.807, 2.05) is 7.11 Å². The van der Waals surface area contributed by atoms with Gasteiger partial charge >= 0.3 is 0 Å². The lowest BCUT2D eigenvalue weighted by Gasteiger charge is -2.39. The van der Waals surface area contributed by atoms with Crippen LogP contribution in [0.5, 0.6) is 0 Å². The van der Waals surface area contributed by atoms with Crippen LogP contribution in [0.3, 0.4) is 0 Å². The first kappa shape index (κ1) is 16.7. The second kappa shape index (κ2) is 8.03. The molecule has 0 radical (unpaired) electrons. The molecule has 0 heterocycles. The molecule has 1 aromatic rings. The van der Waals surface area contributed by atoms with Gasteiger partial charge in [0.15, 0.2) is 0 Å². The van der Waals surface area contributed by atoms with Gasteiger partial charge in [-0.3, -0.25) is 0 Å². The molecule has 0 saturated carbocycles. The number of ether oxygens (including phenoxy) is 1. The molecule has 0 saturated heterocycles. The van der Waals surface area contributed by atoms with Crippen LogP contribution in [-0.2, 0) is 11.2 Å². The molecule has 1 aromatic carbocycles. The van der Waals surface area contributed by atoms with E-state index in [9.17, 15) is 0 Å². The van der Waals surface area contributed by atoms with E-state index in [2.05, 4.69) is 66.3 Å². The summed E-state index contributed by atoms with van der Waals surface area (Å²) < 4.78 is 7.06. The Morgan fingerprint density at radius 1 is 1.21 bits per heavy atom. The average Bonchev–Trinajstić information content (AvgIpc) is 2.44. The van der Waals surface area contributed by atoms with Gasteiger partial charge in [0.2, 0.25) is 0 Å². The molecule has 108 valence electrons. The van der Waals surface area contributed by atoms with Crippen LogP contribution in [0.15, 0.2) is 28.7 Å². The van der Waals surface area contributed by atoms with E-state index in [1.165, 1.54) is 10.0 Å². The molecule has 0 amide bonds. The van der Waals surface area contributed by atoms with Gasteiger partial charge in [-0.2, -0.15) is 0 Å². The molecule has 0 aliphatic rings. The first-order chi connectivity index (χ1) is 9.13. The average molecular weight is 328 g/mol. The first-order valence-electron chi connectivity index (χ1n) is 7.15. The molecule has 1 N–H and O–H groups in total. The lowest BCUT2D eigenvalue weighted by atomic mass is 9.84. The third-order valence-electron chi connectivity index (χ3n) is 4.07. The monoisotopic (exact) mass is 327 g/mol. The van der Waals surface area contributed by atoms with Gasteiger partial charge in [0.25, 0.3) is 0 Å². The van der Waals surface area contributed by atoms with Crippen LogP contribution < -0.4 is 5.32 Å². The lowest BCUT2D eigenvalue weighted by Crippen LogP contribution is -2.52. The molecular weight excluding hydrogens is 302 g/mol. The summed E-state index contributed by atoms with van der Waals surface area (Å²) in [4.78, 5) is 0. The summed E-state index contributed by atoms with van der Waals surface area (Å²) in [5.74, 6) is 0. The van der Waals surface area contributed by atoms with Crippen molar-refractivity contribution in [2.45, 2.75) is 51.7 Å². The third kappa shape index (κ3) is 4.04. The molecule has 1 unspecified atom stereocenters. The summed E-state index contributed by atoms with van der Waals surface area (Å²) in [6.07, 6.45) is 3.01. The quantitative estimate of drug-likeness (QED) is 0.773. The number of methoxy groups -OCH3 is 1. The maximum Gasteiger partial charge on any atom is 0.0828 e. The third-order valence-corrected chi connectivity index (χ3v) is 4.84. The largest absolute Gasteiger partial charge is 0.377 e. The normalized spacial score (nSPS) is 13.5. The molecule has 0 fully saturated rings. The van der Waals surface area contributed by atoms with Crippen molar-refractivity contribution in [3.05, 3.63) is 34.3 Å². The van der Waals surface area contributed by atoms with Crippen molar-refractivity contribution in [2.75, 3.05) is 13.7 Å². The van der Waals surface area contributed by atoms with Crippen LogP contribution in [-0.4, -0.2) is 25.3 Å². The molecule has 3 heteroatoms. The molecular formula is C16H26BrNO. The minimum atomic E-state index is -0.0920. The SMILES string of the molecule is CCNC(Cc1ccccc1Br)C(CC)(CC)OC. The Kier molecular flexibility index (Phi) is 7.05. The molecule has 2 nitrogen and oxygen atoms in total. The van der Waals surface area contributed by atoms with Crippen LogP contribution in [0.4, 0.5) is 0 Å². The maximum atomic E-state index is 5.89. The first-order valence-corrected chi connectivity index (χ1v) is 7.94. The fourth-order valence-corrected chi connectivity index (χ4v) is 3.19. The number of rotatable bonds is 8. The Labute approximate surface area is 126 Å². The maximum absolute atomic E-state index is 5.89. The molecule has 0 aliphatic heterocycles. The van der Waals surface area contributed by atoms with Gasteiger partial charge in [-0.25, -0.2) is 0 Å². The van der Waals surface area contributed by atoms with Gasteiger partial charge in [0.1, 0.15) is 0 Å². The summed E-state index contributed by atoms with van der Waals surface area (Å²) in [6, 6.07) is 8.76. The molecule has 1 atom stereocenters. The zero-order valence-corrected chi connectivity index (χ0v) is 14.1. The highest BCUT2D eigenvalue weighted by atomic mass is 79.9. The van der Waals surface area contributed by atoms with Gasteiger partial charge in [0.05, 0.1) is 5.60 Å². The molecule has 0 aliphatic carbocycles. The molecule has 0 bridgehead atoms. The van der Waals surface area contributed by atoms with Gasteiger partial charge in [-0.05, 0) is 37.4 Å². The van der Waals surface area contributed by atoms with E-state index in [4.69, 9.17) is 4.74 Å². The second-order valence-electron chi connectivity index (χ2n) is 4.88. The van der Waals surface area contributed by atoms with E-state index >= 15 is 0 Å². The van der Waals surface area contributed by atoms with Crippen molar-refractivity contribution in [3.8, 4) is 0 Å².